The summed E-state index contributed by atoms with van der Waals surface area (Å²) in [5.74, 6) is 0. The Bertz CT molecular complexity index is 698. The van der Waals surface area contributed by atoms with Crippen molar-refractivity contribution in [1.29, 1.82) is 0 Å². The molecule has 0 atom stereocenters. The molecule has 20 heavy (non-hydrogen) atoms. The molecule has 0 saturated carbocycles. The van der Waals surface area contributed by atoms with E-state index in [0.29, 0.717) is 6.42 Å². The first-order chi connectivity index (χ1) is 9.50. The fourth-order valence-corrected chi connectivity index (χ4v) is 3.57. The van der Waals surface area contributed by atoms with Crippen molar-refractivity contribution in [2.75, 3.05) is 6.54 Å². The number of aromatic nitrogens is 2. The van der Waals surface area contributed by atoms with Gasteiger partial charge in [-0.05, 0) is 12.1 Å². The topological polar surface area (TPSA) is 98.0 Å². The molecule has 0 aliphatic rings. The summed E-state index contributed by atoms with van der Waals surface area (Å²) in [4.78, 5) is 7.93. The van der Waals surface area contributed by atoms with E-state index >= 15 is 0 Å². The number of thiazole rings is 1. The van der Waals surface area contributed by atoms with Crippen molar-refractivity contribution < 1.29 is 8.42 Å². The lowest BCUT2D eigenvalue weighted by molar-refractivity contribution is 0.580. The molecule has 6 nitrogen and oxygen atoms in total. The second kappa shape index (κ2) is 6.35. The van der Waals surface area contributed by atoms with Crippen LogP contribution in [0.15, 0.2) is 34.1 Å². The molecule has 0 radical (unpaired) electrons. The van der Waals surface area contributed by atoms with Crippen LogP contribution in [0.4, 0.5) is 0 Å². The van der Waals surface area contributed by atoms with Crippen molar-refractivity contribution in [3.05, 3.63) is 40.6 Å². The molecular weight excluding hydrogens is 316 g/mol. The fraction of sp³-hybridized carbons (Fsp3) is 0.182. The molecule has 2 aromatic heterocycles. The normalized spacial score (nSPS) is 11.4. The van der Waals surface area contributed by atoms with Crippen LogP contribution in [0, 0.1) is 0 Å². The maximum atomic E-state index is 12.2. The van der Waals surface area contributed by atoms with Crippen LogP contribution in [0.2, 0.25) is 0 Å². The summed E-state index contributed by atoms with van der Waals surface area (Å²) in [6, 6.07) is 2.95. The third-order valence-corrected chi connectivity index (χ3v) is 4.77. The van der Waals surface area contributed by atoms with Gasteiger partial charge in [0.15, 0.2) is 0 Å². The average Bonchev–Trinajstić information content (AvgIpc) is 2.91. The van der Waals surface area contributed by atoms with Crippen molar-refractivity contribution in [3.63, 3.8) is 0 Å². The van der Waals surface area contributed by atoms with Crippen LogP contribution in [0.25, 0.3) is 0 Å². The van der Waals surface area contributed by atoms with Crippen LogP contribution in [0.5, 0.6) is 0 Å². The van der Waals surface area contributed by atoms with Gasteiger partial charge in [-0.1, -0.05) is 12.2 Å². The van der Waals surface area contributed by atoms with Gasteiger partial charge in [0.05, 0.1) is 11.2 Å². The molecule has 0 fully saturated rings. The Kier molecular flexibility index (Phi) is 4.76. The zero-order chi connectivity index (χ0) is 14.6. The number of nitrogens with one attached hydrogen (secondary N) is 1. The summed E-state index contributed by atoms with van der Waals surface area (Å²) >= 11 is 6.28. The molecule has 2 heterocycles. The van der Waals surface area contributed by atoms with Crippen LogP contribution in [0.1, 0.15) is 11.4 Å². The van der Waals surface area contributed by atoms with Gasteiger partial charge in [0.1, 0.15) is 15.6 Å². The molecule has 0 bridgehead atoms. The SMILES string of the molecule is NC(=S)c1ncccc1S(=O)(=O)NCCc1cscn1. The van der Waals surface area contributed by atoms with E-state index in [0.717, 1.165) is 5.69 Å². The number of rotatable bonds is 6. The molecule has 2 aromatic rings. The number of nitrogens with zero attached hydrogens (tertiary/aromatic N) is 2. The smallest absolute Gasteiger partial charge is 0.242 e. The molecule has 0 spiro atoms. The maximum Gasteiger partial charge on any atom is 0.242 e. The number of nitrogens with two attached hydrogens (primary N) is 1. The third kappa shape index (κ3) is 3.57. The third-order valence-electron chi connectivity index (χ3n) is 2.45. The van der Waals surface area contributed by atoms with Gasteiger partial charge in [-0.3, -0.25) is 4.98 Å². The number of pyridine rings is 1. The summed E-state index contributed by atoms with van der Waals surface area (Å²) in [5.41, 5.74) is 8.14. The van der Waals surface area contributed by atoms with Crippen molar-refractivity contribution in [2.24, 2.45) is 5.73 Å². The fourth-order valence-electron chi connectivity index (χ4n) is 1.54. The quantitative estimate of drug-likeness (QED) is 0.757. The zero-order valence-corrected chi connectivity index (χ0v) is 12.8. The van der Waals surface area contributed by atoms with Crippen molar-refractivity contribution in [3.8, 4) is 0 Å². The Morgan fingerprint density at radius 1 is 1.45 bits per heavy atom. The molecule has 0 aromatic carbocycles. The van der Waals surface area contributed by atoms with Gasteiger partial charge >= 0.3 is 0 Å². The average molecular weight is 328 g/mol. The van der Waals surface area contributed by atoms with Gasteiger partial charge in [-0.2, -0.15) is 0 Å². The summed E-state index contributed by atoms with van der Waals surface area (Å²) < 4.78 is 26.9. The molecule has 0 amide bonds. The van der Waals surface area contributed by atoms with E-state index in [9.17, 15) is 8.42 Å². The van der Waals surface area contributed by atoms with E-state index in [-0.39, 0.29) is 22.1 Å². The summed E-state index contributed by atoms with van der Waals surface area (Å²) in [7, 11) is -3.69. The molecule has 0 saturated heterocycles. The van der Waals surface area contributed by atoms with Crippen LogP contribution in [-0.2, 0) is 16.4 Å². The Morgan fingerprint density at radius 2 is 2.25 bits per heavy atom. The number of hydrogen-bond donors (Lipinski definition) is 2. The van der Waals surface area contributed by atoms with Crippen molar-refractivity contribution in [2.45, 2.75) is 11.3 Å². The molecule has 9 heteroatoms. The highest BCUT2D eigenvalue weighted by atomic mass is 32.2. The van der Waals surface area contributed by atoms with Gasteiger partial charge in [-0.25, -0.2) is 18.1 Å². The van der Waals surface area contributed by atoms with Crippen molar-refractivity contribution in [1.82, 2.24) is 14.7 Å². The van der Waals surface area contributed by atoms with E-state index < -0.39 is 10.0 Å². The lowest BCUT2D eigenvalue weighted by atomic mass is 10.3. The zero-order valence-electron chi connectivity index (χ0n) is 10.3. The summed E-state index contributed by atoms with van der Waals surface area (Å²) in [5, 5.41) is 1.87. The number of hydrogen-bond acceptors (Lipinski definition) is 6. The minimum Gasteiger partial charge on any atom is -0.388 e. The first-order valence-electron chi connectivity index (χ1n) is 5.62. The second-order valence-electron chi connectivity index (χ2n) is 3.84. The van der Waals surface area contributed by atoms with Crippen LogP contribution in [-0.4, -0.2) is 29.9 Å². The van der Waals surface area contributed by atoms with Gasteiger partial charge in [0.25, 0.3) is 0 Å². The summed E-state index contributed by atoms with van der Waals surface area (Å²) in [6.07, 6.45) is 1.97. The molecular formula is C11H12N4O2S3. The predicted octanol–water partition coefficient (Wildman–Crippen LogP) is 0.693. The second-order valence-corrected chi connectivity index (χ2v) is 6.74. The lowest BCUT2D eigenvalue weighted by Crippen LogP contribution is -2.29. The Hall–Kier alpha value is -1.42. The van der Waals surface area contributed by atoms with Gasteiger partial charge in [0.2, 0.25) is 10.0 Å². The highest BCUT2D eigenvalue weighted by Gasteiger charge is 2.20. The van der Waals surface area contributed by atoms with E-state index in [1.807, 2.05) is 5.38 Å². The van der Waals surface area contributed by atoms with E-state index in [1.54, 1.807) is 5.51 Å². The van der Waals surface area contributed by atoms with Crippen LogP contribution in [0.3, 0.4) is 0 Å². The molecule has 3 N–H and O–H groups in total. The maximum absolute atomic E-state index is 12.2. The first-order valence-corrected chi connectivity index (χ1v) is 8.45. The number of thiocarbonyl (C=S) groups is 1. The number of sulfonamides is 1. The standard InChI is InChI=1S/C11H12N4O2S3/c12-11(18)10-9(2-1-4-13-10)20(16,17)15-5-3-8-6-19-7-14-8/h1-2,4,6-7,15H,3,5H2,(H2,12,18). The summed E-state index contributed by atoms with van der Waals surface area (Å²) in [6.45, 7) is 0.248. The van der Waals surface area contributed by atoms with Crippen molar-refractivity contribution >= 4 is 38.6 Å². The largest absolute Gasteiger partial charge is 0.388 e. The van der Waals surface area contributed by atoms with Gasteiger partial charge in [-0.15, -0.1) is 11.3 Å². The monoisotopic (exact) mass is 328 g/mol. The van der Waals surface area contributed by atoms with Crippen LogP contribution < -0.4 is 10.5 Å². The van der Waals surface area contributed by atoms with Gasteiger partial charge < -0.3 is 5.73 Å². The lowest BCUT2D eigenvalue weighted by Gasteiger charge is -2.09. The van der Waals surface area contributed by atoms with Gasteiger partial charge in [0, 0.05) is 24.5 Å². The Morgan fingerprint density at radius 3 is 2.90 bits per heavy atom. The minimum absolute atomic E-state index is 0.00854. The van der Waals surface area contributed by atoms with E-state index in [2.05, 4.69) is 14.7 Å². The molecule has 2 rings (SSSR count). The van der Waals surface area contributed by atoms with Crippen LogP contribution >= 0.6 is 23.6 Å². The highest BCUT2D eigenvalue weighted by molar-refractivity contribution is 7.89. The van der Waals surface area contributed by atoms with E-state index in [4.69, 9.17) is 18.0 Å². The predicted molar refractivity (Wildman–Crippen MR) is 81.1 cm³/mol. The molecule has 0 aliphatic heterocycles. The molecule has 0 aliphatic carbocycles. The highest BCUT2D eigenvalue weighted by Crippen LogP contribution is 2.12. The minimum atomic E-state index is -3.69. The molecule has 106 valence electrons. The van der Waals surface area contributed by atoms with E-state index in [1.165, 1.54) is 29.7 Å². The Labute approximate surface area is 126 Å². The Balaban J connectivity index is 2.12. The first kappa shape index (κ1) is 15.0. The molecule has 0 unspecified atom stereocenters.